The van der Waals surface area contributed by atoms with Crippen LogP contribution in [0.5, 0.6) is 5.75 Å². The number of rotatable bonds is 5. The minimum absolute atomic E-state index is 0.338. The quantitative estimate of drug-likeness (QED) is 0.846. The zero-order valence-electron chi connectivity index (χ0n) is 11.6. The summed E-state index contributed by atoms with van der Waals surface area (Å²) in [6.07, 6.45) is 1.02. The molecule has 17 heavy (non-hydrogen) atoms. The lowest BCUT2D eigenvalue weighted by atomic mass is 10.0. The molecule has 0 spiro atoms. The van der Waals surface area contributed by atoms with E-state index in [1.165, 1.54) is 5.56 Å². The summed E-state index contributed by atoms with van der Waals surface area (Å²) in [5.74, 6) is 1.01. The highest BCUT2D eigenvalue weighted by Gasteiger charge is 2.18. The van der Waals surface area contributed by atoms with Crippen molar-refractivity contribution in [2.24, 2.45) is 5.92 Å². The molecule has 0 heterocycles. The summed E-state index contributed by atoms with van der Waals surface area (Å²) in [6, 6.07) is 8.61. The van der Waals surface area contributed by atoms with Gasteiger partial charge in [0.15, 0.2) is 0 Å². The van der Waals surface area contributed by atoms with Crippen molar-refractivity contribution in [3.63, 3.8) is 0 Å². The van der Waals surface area contributed by atoms with Crippen LogP contribution in [0.3, 0.4) is 0 Å². The summed E-state index contributed by atoms with van der Waals surface area (Å²) in [5.41, 5.74) is 1.28. The van der Waals surface area contributed by atoms with E-state index in [2.05, 4.69) is 39.6 Å². The van der Waals surface area contributed by atoms with Crippen molar-refractivity contribution in [1.82, 2.24) is 4.90 Å². The Balaban J connectivity index is 2.59. The van der Waals surface area contributed by atoms with Crippen LogP contribution in [0.1, 0.15) is 33.3 Å². The Labute approximate surface area is 105 Å². The highest BCUT2D eigenvalue weighted by molar-refractivity contribution is 5.26. The molecule has 0 amide bonds. The van der Waals surface area contributed by atoms with Gasteiger partial charge in [-0.2, -0.15) is 0 Å². The van der Waals surface area contributed by atoms with Gasteiger partial charge in [0, 0.05) is 12.1 Å². The van der Waals surface area contributed by atoms with Crippen LogP contribution in [0.15, 0.2) is 24.3 Å². The first-order valence-corrected chi connectivity index (χ1v) is 6.41. The molecule has 0 saturated carbocycles. The van der Waals surface area contributed by atoms with Crippen LogP contribution < -0.4 is 0 Å². The zero-order chi connectivity index (χ0) is 13.0. The fourth-order valence-corrected chi connectivity index (χ4v) is 1.99. The molecule has 2 unspecified atom stereocenters. The molecule has 0 fully saturated rings. The van der Waals surface area contributed by atoms with Gasteiger partial charge >= 0.3 is 0 Å². The molecule has 1 aromatic rings. The summed E-state index contributed by atoms with van der Waals surface area (Å²) < 4.78 is 0. The summed E-state index contributed by atoms with van der Waals surface area (Å²) in [5, 5.41) is 9.25. The first kappa shape index (κ1) is 14.0. The van der Waals surface area contributed by atoms with Gasteiger partial charge in [0.1, 0.15) is 5.75 Å². The van der Waals surface area contributed by atoms with Gasteiger partial charge in [-0.3, -0.25) is 0 Å². The Kier molecular flexibility index (Phi) is 5.01. The Morgan fingerprint density at radius 2 is 1.59 bits per heavy atom. The van der Waals surface area contributed by atoms with Gasteiger partial charge in [-0.25, -0.2) is 0 Å². The normalized spacial score (nSPS) is 15.2. The van der Waals surface area contributed by atoms with E-state index in [4.69, 9.17) is 0 Å². The number of hydrogen-bond donors (Lipinski definition) is 1. The van der Waals surface area contributed by atoms with Crippen LogP contribution in [0.25, 0.3) is 0 Å². The molecule has 0 radical (unpaired) electrons. The molecular formula is C15H25NO. The second-order valence-electron chi connectivity index (χ2n) is 5.37. The molecule has 0 saturated heterocycles. The third-order valence-corrected chi connectivity index (χ3v) is 3.77. The minimum atomic E-state index is 0.338. The predicted octanol–water partition coefficient (Wildman–Crippen LogP) is 3.30. The van der Waals surface area contributed by atoms with Crippen molar-refractivity contribution < 1.29 is 5.11 Å². The molecule has 0 aliphatic carbocycles. The van der Waals surface area contributed by atoms with E-state index >= 15 is 0 Å². The van der Waals surface area contributed by atoms with Crippen molar-refractivity contribution in [2.75, 3.05) is 7.05 Å². The number of benzene rings is 1. The van der Waals surface area contributed by atoms with E-state index in [-0.39, 0.29) is 0 Å². The summed E-state index contributed by atoms with van der Waals surface area (Å²) >= 11 is 0. The number of hydrogen-bond acceptors (Lipinski definition) is 2. The van der Waals surface area contributed by atoms with Gasteiger partial charge in [-0.15, -0.1) is 0 Å². The van der Waals surface area contributed by atoms with E-state index in [9.17, 15) is 5.11 Å². The van der Waals surface area contributed by atoms with E-state index in [1.807, 2.05) is 12.1 Å². The molecule has 0 aliphatic rings. The topological polar surface area (TPSA) is 23.5 Å². The van der Waals surface area contributed by atoms with Gasteiger partial charge in [-0.1, -0.05) is 26.0 Å². The Morgan fingerprint density at radius 1 is 1.06 bits per heavy atom. The van der Waals surface area contributed by atoms with E-state index < -0.39 is 0 Å². The highest BCUT2D eigenvalue weighted by Crippen LogP contribution is 2.16. The molecule has 0 aliphatic heterocycles. The summed E-state index contributed by atoms with van der Waals surface area (Å²) in [6.45, 7) is 9.05. The van der Waals surface area contributed by atoms with E-state index in [0.717, 1.165) is 6.42 Å². The maximum Gasteiger partial charge on any atom is 0.115 e. The number of phenols is 1. The zero-order valence-corrected chi connectivity index (χ0v) is 11.6. The molecule has 1 aromatic carbocycles. The van der Waals surface area contributed by atoms with Gasteiger partial charge in [0.05, 0.1) is 0 Å². The molecule has 2 nitrogen and oxygen atoms in total. The second kappa shape index (κ2) is 6.06. The second-order valence-corrected chi connectivity index (χ2v) is 5.37. The van der Waals surface area contributed by atoms with Crippen LogP contribution in [-0.2, 0) is 6.42 Å². The Hall–Kier alpha value is -1.02. The number of nitrogens with zero attached hydrogens (tertiary/aromatic N) is 1. The van der Waals surface area contributed by atoms with Crippen molar-refractivity contribution in [1.29, 1.82) is 0 Å². The Bertz CT molecular complexity index is 331. The van der Waals surface area contributed by atoms with Crippen LogP contribution in [0.2, 0.25) is 0 Å². The predicted molar refractivity (Wildman–Crippen MR) is 73.3 cm³/mol. The SMILES string of the molecule is CC(C)C(C)N(C)C(C)Cc1ccc(O)cc1. The van der Waals surface area contributed by atoms with Gasteiger partial charge < -0.3 is 10.0 Å². The van der Waals surface area contributed by atoms with Crippen molar-refractivity contribution in [3.05, 3.63) is 29.8 Å². The van der Waals surface area contributed by atoms with Gasteiger partial charge in [-0.05, 0) is 50.9 Å². The Morgan fingerprint density at radius 3 is 2.06 bits per heavy atom. The maximum atomic E-state index is 9.25. The minimum Gasteiger partial charge on any atom is -0.508 e. The number of phenolic OH excluding ortho intramolecular Hbond substituents is 1. The molecule has 2 atom stereocenters. The third-order valence-electron chi connectivity index (χ3n) is 3.77. The molecule has 1 rings (SSSR count). The van der Waals surface area contributed by atoms with Crippen LogP contribution in [0.4, 0.5) is 0 Å². The summed E-state index contributed by atoms with van der Waals surface area (Å²) in [7, 11) is 2.19. The van der Waals surface area contributed by atoms with Gasteiger partial charge in [0.2, 0.25) is 0 Å². The number of likely N-dealkylation sites (N-methyl/N-ethyl adjacent to an activating group) is 1. The van der Waals surface area contributed by atoms with E-state index in [0.29, 0.717) is 23.8 Å². The lowest BCUT2D eigenvalue weighted by molar-refractivity contribution is 0.157. The lowest BCUT2D eigenvalue weighted by Gasteiger charge is -2.33. The molecule has 0 aromatic heterocycles. The smallest absolute Gasteiger partial charge is 0.115 e. The van der Waals surface area contributed by atoms with Crippen LogP contribution in [-0.4, -0.2) is 29.1 Å². The van der Waals surface area contributed by atoms with Crippen molar-refractivity contribution >= 4 is 0 Å². The highest BCUT2D eigenvalue weighted by atomic mass is 16.3. The molecule has 96 valence electrons. The van der Waals surface area contributed by atoms with Gasteiger partial charge in [0.25, 0.3) is 0 Å². The fourth-order valence-electron chi connectivity index (χ4n) is 1.99. The lowest BCUT2D eigenvalue weighted by Crippen LogP contribution is -2.40. The monoisotopic (exact) mass is 235 g/mol. The molecule has 0 bridgehead atoms. The van der Waals surface area contributed by atoms with Crippen molar-refractivity contribution in [2.45, 2.75) is 46.2 Å². The standard InChI is InChI=1S/C15H25NO/c1-11(2)13(4)16(5)12(3)10-14-6-8-15(17)9-7-14/h6-9,11-13,17H,10H2,1-5H3. The van der Waals surface area contributed by atoms with Crippen molar-refractivity contribution in [3.8, 4) is 5.75 Å². The third kappa shape index (κ3) is 4.04. The average molecular weight is 235 g/mol. The first-order chi connectivity index (χ1) is 7.91. The molecule has 1 N–H and O–H groups in total. The van der Waals surface area contributed by atoms with E-state index in [1.54, 1.807) is 12.1 Å². The first-order valence-electron chi connectivity index (χ1n) is 6.41. The maximum absolute atomic E-state index is 9.25. The molecule has 2 heteroatoms. The fraction of sp³-hybridized carbons (Fsp3) is 0.600. The van der Waals surface area contributed by atoms with Crippen LogP contribution in [0, 0.1) is 5.92 Å². The largest absolute Gasteiger partial charge is 0.508 e. The number of aromatic hydroxyl groups is 1. The van der Waals surface area contributed by atoms with Crippen LogP contribution >= 0.6 is 0 Å². The molecular weight excluding hydrogens is 210 g/mol. The summed E-state index contributed by atoms with van der Waals surface area (Å²) in [4.78, 5) is 2.43. The average Bonchev–Trinajstić information content (AvgIpc) is 2.30.